The second-order valence-corrected chi connectivity index (χ2v) is 8.49. The summed E-state index contributed by atoms with van der Waals surface area (Å²) in [6, 6.07) is 10.9. The summed E-state index contributed by atoms with van der Waals surface area (Å²) in [5.41, 5.74) is 3.01. The standard InChI is InChI=1S/C25H33FN2O3/c1-6-21(27-25(29)16(2)3)24-19-14-23(31-5)22(30-4)13-17(19)11-12-28(24)15-18-9-7-8-10-20(18)26/h7-10,13-14,16,21,24H,6,11-12,15H2,1-5H3,(H,27,29)/p+1/t21-,24-/m1/s1. The molecule has 0 fully saturated rings. The molecule has 2 aromatic carbocycles. The van der Waals surface area contributed by atoms with Gasteiger partial charge in [-0.1, -0.05) is 39.0 Å². The Hall–Kier alpha value is -2.60. The van der Waals surface area contributed by atoms with E-state index in [1.165, 1.54) is 16.5 Å². The Morgan fingerprint density at radius 3 is 2.48 bits per heavy atom. The molecule has 31 heavy (non-hydrogen) atoms. The molecule has 3 atom stereocenters. The molecule has 2 N–H and O–H groups in total. The molecule has 0 saturated carbocycles. The van der Waals surface area contributed by atoms with E-state index in [1.54, 1.807) is 20.3 Å². The number of carbonyl (C=O) groups excluding carboxylic acids is 1. The molecule has 6 heteroatoms. The summed E-state index contributed by atoms with van der Waals surface area (Å²) in [6.07, 6.45) is 1.63. The first-order valence-electron chi connectivity index (χ1n) is 11.0. The van der Waals surface area contributed by atoms with E-state index in [0.717, 1.165) is 24.9 Å². The molecule has 1 heterocycles. The number of amides is 1. The van der Waals surface area contributed by atoms with Gasteiger partial charge >= 0.3 is 0 Å². The Kier molecular flexibility index (Phi) is 7.55. The number of benzene rings is 2. The van der Waals surface area contributed by atoms with Gasteiger partial charge in [0.15, 0.2) is 11.5 Å². The Bertz CT molecular complexity index is 916. The number of ether oxygens (including phenoxy) is 2. The zero-order chi connectivity index (χ0) is 22.5. The van der Waals surface area contributed by atoms with Gasteiger partial charge in [0, 0.05) is 23.5 Å². The zero-order valence-electron chi connectivity index (χ0n) is 19.1. The maximum Gasteiger partial charge on any atom is 0.222 e. The van der Waals surface area contributed by atoms with Crippen LogP contribution in [0.25, 0.3) is 0 Å². The molecular weight excluding hydrogens is 395 g/mol. The van der Waals surface area contributed by atoms with E-state index in [9.17, 15) is 9.18 Å². The first-order chi connectivity index (χ1) is 14.9. The molecule has 1 unspecified atom stereocenters. The van der Waals surface area contributed by atoms with E-state index in [-0.39, 0.29) is 29.7 Å². The van der Waals surface area contributed by atoms with Crippen LogP contribution in [-0.4, -0.2) is 32.7 Å². The normalized spacial score (nSPS) is 18.9. The molecule has 0 bridgehead atoms. The minimum Gasteiger partial charge on any atom is -0.493 e. The highest BCUT2D eigenvalue weighted by atomic mass is 19.1. The van der Waals surface area contributed by atoms with E-state index < -0.39 is 0 Å². The van der Waals surface area contributed by atoms with Crippen LogP contribution in [0.1, 0.15) is 49.9 Å². The van der Waals surface area contributed by atoms with Gasteiger partial charge in [-0.25, -0.2) is 4.39 Å². The predicted molar refractivity (Wildman–Crippen MR) is 119 cm³/mol. The van der Waals surface area contributed by atoms with Crippen LogP contribution in [0.5, 0.6) is 11.5 Å². The van der Waals surface area contributed by atoms with Gasteiger partial charge < -0.3 is 19.7 Å². The topological polar surface area (TPSA) is 52.0 Å². The van der Waals surface area contributed by atoms with Crippen molar-refractivity contribution in [1.29, 1.82) is 0 Å². The highest BCUT2D eigenvalue weighted by molar-refractivity contribution is 5.78. The summed E-state index contributed by atoms with van der Waals surface area (Å²) in [4.78, 5) is 13.8. The molecule has 0 aromatic heterocycles. The molecule has 1 amide bonds. The molecule has 168 valence electrons. The number of methoxy groups -OCH3 is 2. The maximum atomic E-state index is 14.5. The summed E-state index contributed by atoms with van der Waals surface area (Å²) < 4.78 is 25.5. The van der Waals surface area contributed by atoms with Crippen LogP contribution in [0.2, 0.25) is 0 Å². The van der Waals surface area contributed by atoms with Crippen LogP contribution in [0.4, 0.5) is 4.39 Å². The largest absolute Gasteiger partial charge is 0.493 e. The van der Waals surface area contributed by atoms with Gasteiger partial charge in [0.25, 0.3) is 0 Å². The monoisotopic (exact) mass is 429 g/mol. The summed E-state index contributed by atoms with van der Waals surface area (Å²) in [5.74, 6) is 1.12. The zero-order valence-corrected chi connectivity index (χ0v) is 19.1. The third-order valence-electron chi connectivity index (χ3n) is 6.21. The minimum absolute atomic E-state index is 0.0177. The molecule has 0 radical (unpaired) electrons. The second-order valence-electron chi connectivity index (χ2n) is 8.49. The molecule has 0 spiro atoms. The Balaban J connectivity index is 2.05. The van der Waals surface area contributed by atoms with Crippen LogP contribution < -0.4 is 19.7 Å². The first kappa shape index (κ1) is 23.1. The van der Waals surface area contributed by atoms with Crippen LogP contribution >= 0.6 is 0 Å². The van der Waals surface area contributed by atoms with Crippen molar-refractivity contribution in [3.8, 4) is 11.5 Å². The molecule has 2 aromatic rings. The molecule has 1 aliphatic rings. The Morgan fingerprint density at radius 2 is 1.87 bits per heavy atom. The quantitative estimate of drug-likeness (QED) is 0.678. The highest BCUT2D eigenvalue weighted by Gasteiger charge is 2.38. The van der Waals surface area contributed by atoms with E-state index in [1.807, 2.05) is 38.1 Å². The average Bonchev–Trinajstić information content (AvgIpc) is 2.77. The molecule has 3 rings (SSSR count). The summed E-state index contributed by atoms with van der Waals surface area (Å²) in [5, 5.41) is 3.25. The number of nitrogens with one attached hydrogen (secondary N) is 2. The average molecular weight is 430 g/mol. The lowest BCUT2D eigenvalue weighted by atomic mass is 9.86. The van der Waals surface area contributed by atoms with Crippen molar-refractivity contribution in [2.24, 2.45) is 5.92 Å². The number of hydrogen-bond donors (Lipinski definition) is 2. The third-order valence-corrected chi connectivity index (χ3v) is 6.21. The fourth-order valence-corrected chi connectivity index (χ4v) is 4.47. The van der Waals surface area contributed by atoms with Crippen molar-refractivity contribution in [2.45, 2.75) is 52.2 Å². The van der Waals surface area contributed by atoms with Crippen molar-refractivity contribution in [3.63, 3.8) is 0 Å². The third kappa shape index (κ3) is 5.01. The second kappa shape index (κ2) is 10.1. The van der Waals surface area contributed by atoms with Crippen molar-refractivity contribution >= 4 is 5.91 Å². The van der Waals surface area contributed by atoms with E-state index in [2.05, 4.69) is 12.2 Å². The number of rotatable bonds is 8. The van der Waals surface area contributed by atoms with Crippen molar-refractivity contribution in [3.05, 3.63) is 58.9 Å². The van der Waals surface area contributed by atoms with Crippen molar-refractivity contribution in [2.75, 3.05) is 20.8 Å². The molecule has 1 aliphatic heterocycles. The van der Waals surface area contributed by atoms with Gasteiger partial charge in [-0.15, -0.1) is 0 Å². The Morgan fingerprint density at radius 1 is 1.19 bits per heavy atom. The highest BCUT2D eigenvalue weighted by Crippen LogP contribution is 2.35. The number of hydrogen-bond acceptors (Lipinski definition) is 3. The van der Waals surface area contributed by atoms with Gasteiger partial charge in [0.05, 0.1) is 26.8 Å². The predicted octanol–water partition coefficient (Wildman–Crippen LogP) is 3.08. The lowest BCUT2D eigenvalue weighted by Gasteiger charge is -2.39. The van der Waals surface area contributed by atoms with E-state index in [0.29, 0.717) is 23.6 Å². The van der Waals surface area contributed by atoms with Gasteiger partial charge in [-0.2, -0.15) is 0 Å². The lowest BCUT2D eigenvalue weighted by Crippen LogP contribution is -3.13. The number of quaternary nitrogens is 1. The van der Waals surface area contributed by atoms with Gasteiger partial charge in [-0.3, -0.25) is 4.79 Å². The van der Waals surface area contributed by atoms with Crippen LogP contribution in [0, 0.1) is 11.7 Å². The van der Waals surface area contributed by atoms with Crippen LogP contribution in [-0.2, 0) is 17.8 Å². The van der Waals surface area contributed by atoms with Crippen LogP contribution in [0.3, 0.4) is 0 Å². The van der Waals surface area contributed by atoms with Gasteiger partial charge in [0.1, 0.15) is 18.4 Å². The molecular formula is C25H34FN2O3+. The maximum absolute atomic E-state index is 14.5. The smallest absolute Gasteiger partial charge is 0.222 e. The summed E-state index contributed by atoms with van der Waals surface area (Å²) >= 11 is 0. The first-order valence-corrected chi connectivity index (χ1v) is 11.0. The Labute approximate surface area is 184 Å². The van der Waals surface area contributed by atoms with Gasteiger partial charge in [-0.05, 0) is 30.2 Å². The van der Waals surface area contributed by atoms with E-state index >= 15 is 0 Å². The van der Waals surface area contributed by atoms with Crippen LogP contribution in [0.15, 0.2) is 36.4 Å². The fraction of sp³-hybridized carbons (Fsp3) is 0.480. The number of fused-ring (bicyclic) bond motifs is 1. The number of halogens is 1. The summed E-state index contributed by atoms with van der Waals surface area (Å²) in [6.45, 7) is 7.28. The lowest BCUT2D eigenvalue weighted by molar-refractivity contribution is -0.948. The molecule has 0 aliphatic carbocycles. The SMILES string of the molecule is CC[C@@H](NC(=O)C(C)C)[C@H]1c2cc(OC)c(OC)cc2CC[NH+]1Cc1ccccc1F. The molecule has 5 nitrogen and oxygen atoms in total. The number of carbonyl (C=O) groups is 1. The molecule has 0 saturated heterocycles. The van der Waals surface area contributed by atoms with Gasteiger partial charge in [0.2, 0.25) is 5.91 Å². The minimum atomic E-state index is -0.189. The van der Waals surface area contributed by atoms with Crippen molar-refractivity contribution in [1.82, 2.24) is 5.32 Å². The fourth-order valence-electron chi connectivity index (χ4n) is 4.47. The van der Waals surface area contributed by atoms with E-state index in [4.69, 9.17) is 9.47 Å². The summed E-state index contributed by atoms with van der Waals surface area (Å²) in [7, 11) is 3.27. The van der Waals surface area contributed by atoms with Crippen molar-refractivity contribution < 1.29 is 23.6 Å².